The second-order valence-electron chi connectivity index (χ2n) is 4.52. The van der Waals surface area contributed by atoms with Gasteiger partial charge in [-0.15, -0.1) is 0 Å². The van der Waals surface area contributed by atoms with Crippen molar-refractivity contribution in [1.82, 2.24) is 15.3 Å². The van der Waals surface area contributed by atoms with E-state index in [1.54, 1.807) is 6.33 Å². The summed E-state index contributed by atoms with van der Waals surface area (Å²) in [5.74, 6) is 1.92. The van der Waals surface area contributed by atoms with Crippen LogP contribution in [0, 0.1) is 9.49 Å². The Bertz CT molecular complexity index is 384. The lowest BCUT2D eigenvalue weighted by Gasteiger charge is -2.38. The van der Waals surface area contributed by atoms with Crippen molar-refractivity contribution < 1.29 is 0 Å². The summed E-state index contributed by atoms with van der Waals surface area (Å²) in [5, 5.41) is 3.50. The molecule has 2 atom stereocenters. The van der Waals surface area contributed by atoms with Crippen LogP contribution in [-0.2, 0) is 0 Å². The largest absolute Gasteiger partial charge is 0.351 e. The fraction of sp³-hybridized carbons (Fsp3) is 0.636. The molecule has 0 spiro atoms. The Morgan fingerprint density at radius 2 is 2.38 bits per heavy atom. The maximum atomic E-state index is 4.44. The van der Waals surface area contributed by atoms with E-state index in [0.29, 0.717) is 6.04 Å². The molecule has 4 nitrogen and oxygen atoms in total. The van der Waals surface area contributed by atoms with Crippen molar-refractivity contribution in [1.29, 1.82) is 0 Å². The standard InChI is InChI=1S/C11H15IN4/c12-9-5-14-7-15-11(9)16-3-1-2-8-4-13-6-10(8)16/h5,7-8,10,13H,1-4,6H2. The molecule has 2 unspecified atom stereocenters. The van der Waals surface area contributed by atoms with Crippen molar-refractivity contribution in [2.45, 2.75) is 18.9 Å². The normalized spacial score (nSPS) is 29.2. The number of fused-ring (bicyclic) bond motifs is 1. The number of piperidine rings is 1. The van der Waals surface area contributed by atoms with Gasteiger partial charge in [-0.25, -0.2) is 9.97 Å². The first-order chi connectivity index (χ1) is 7.86. The first kappa shape index (κ1) is 10.7. The lowest BCUT2D eigenvalue weighted by atomic mass is 9.92. The molecule has 2 saturated heterocycles. The van der Waals surface area contributed by atoms with Gasteiger partial charge in [0.15, 0.2) is 0 Å². The van der Waals surface area contributed by atoms with Crippen molar-refractivity contribution in [2.24, 2.45) is 5.92 Å². The molecule has 0 bridgehead atoms. The van der Waals surface area contributed by atoms with E-state index in [4.69, 9.17) is 0 Å². The fourth-order valence-electron chi connectivity index (χ4n) is 2.85. The third kappa shape index (κ3) is 1.79. The van der Waals surface area contributed by atoms with E-state index in [0.717, 1.165) is 28.4 Å². The van der Waals surface area contributed by atoms with Crippen LogP contribution in [0.5, 0.6) is 0 Å². The van der Waals surface area contributed by atoms with Gasteiger partial charge >= 0.3 is 0 Å². The van der Waals surface area contributed by atoms with E-state index in [1.807, 2.05) is 6.20 Å². The molecule has 5 heteroatoms. The van der Waals surface area contributed by atoms with E-state index >= 15 is 0 Å². The molecule has 0 saturated carbocycles. The zero-order valence-corrected chi connectivity index (χ0v) is 11.2. The van der Waals surface area contributed by atoms with E-state index in [-0.39, 0.29) is 0 Å². The second kappa shape index (κ2) is 4.44. The minimum absolute atomic E-state index is 0.636. The van der Waals surface area contributed by atoms with Gasteiger partial charge in [-0.1, -0.05) is 0 Å². The summed E-state index contributed by atoms with van der Waals surface area (Å²) < 4.78 is 1.16. The van der Waals surface area contributed by atoms with Gasteiger partial charge in [-0.05, 0) is 41.4 Å². The number of anilines is 1. The monoisotopic (exact) mass is 330 g/mol. The van der Waals surface area contributed by atoms with Gasteiger partial charge in [0.2, 0.25) is 0 Å². The zero-order valence-electron chi connectivity index (χ0n) is 9.06. The first-order valence-corrected chi connectivity index (χ1v) is 6.87. The Kier molecular flexibility index (Phi) is 2.97. The molecule has 1 N–H and O–H groups in total. The fourth-order valence-corrected chi connectivity index (χ4v) is 3.46. The predicted octanol–water partition coefficient (Wildman–Crippen LogP) is 1.27. The minimum Gasteiger partial charge on any atom is -0.351 e. The lowest BCUT2D eigenvalue weighted by Crippen LogP contribution is -2.46. The maximum absolute atomic E-state index is 4.44. The maximum Gasteiger partial charge on any atom is 0.145 e. The number of halogens is 1. The number of nitrogens with one attached hydrogen (secondary N) is 1. The molecule has 2 aliphatic heterocycles. The highest BCUT2D eigenvalue weighted by Gasteiger charge is 2.36. The molecule has 0 amide bonds. The quantitative estimate of drug-likeness (QED) is 0.788. The van der Waals surface area contributed by atoms with Crippen molar-refractivity contribution >= 4 is 28.4 Å². The third-order valence-electron chi connectivity index (χ3n) is 3.60. The molecule has 0 aliphatic carbocycles. The minimum atomic E-state index is 0.636. The summed E-state index contributed by atoms with van der Waals surface area (Å²) in [6.07, 6.45) is 6.19. The molecule has 1 aromatic rings. The van der Waals surface area contributed by atoms with Crippen molar-refractivity contribution in [3.63, 3.8) is 0 Å². The summed E-state index contributed by atoms with van der Waals surface area (Å²) in [7, 11) is 0. The summed E-state index contributed by atoms with van der Waals surface area (Å²) in [6, 6.07) is 0.636. The van der Waals surface area contributed by atoms with Gasteiger partial charge in [0.25, 0.3) is 0 Å². The highest BCUT2D eigenvalue weighted by Crippen LogP contribution is 2.31. The van der Waals surface area contributed by atoms with Crippen LogP contribution >= 0.6 is 22.6 Å². The zero-order chi connectivity index (χ0) is 11.0. The van der Waals surface area contributed by atoms with Crippen LogP contribution in [-0.4, -0.2) is 35.6 Å². The Balaban J connectivity index is 1.91. The Hall–Kier alpha value is -0.430. The molecule has 2 fully saturated rings. The number of hydrogen-bond donors (Lipinski definition) is 1. The number of hydrogen-bond acceptors (Lipinski definition) is 4. The molecular weight excluding hydrogens is 315 g/mol. The van der Waals surface area contributed by atoms with E-state index in [2.05, 4.69) is 42.8 Å². The average Bonchev–Trinajstić information content (AvgIpc) is 2.77. The second-order valence-corrected chi connectivity index (χ2v) is 5.68. The average molecular weight is 330 g/mol. The highest BCUT2D eigenvalue weighted by atomic mass is 127. The van der Waals surface area contributed by atoms with Crippen LogP contribution in [0.15, 0.2) is 12.5 Å². The summed E-state index contributed by atoms with van der Waals surface area (Å²) in [6.45, 7) is 3.41. The van der Waals surface area contributed by atoms with E-state index < -0.39 is 0 Å². The number of rotatable bonds is 1. The van der Waals surface area contributed by atoms with Crippen LogP contribution in [0.3, 0.4) is 0 Å². The SMILES string of the molecule is Ic1cncnc1N1CCCC2CNCC21. The van der Waals surface area contributed by atoms with Crippen molar-refractivity contribution in [3.8, 4) is 0 Å². The lowest BCUT2D eigenvalue weighted by molar-refractivity contribution is 0.382. The number of nitrogens with zero attached hydrogens (tertiary/aromatic N) is 3. The summed E-state index contributed by atoms with van der Waals surface area (Å²) in [5.41, 5.74) is 0. The van der Waals surface area contributed by atoms with Crippen molar-refractivity contribution in [3.05, 3.63) is 16.1 Å². The Labute approximate surface area is 109 Å². The van der Waals surface area contributed by atoms with Crippen LogP contribution in [0.2, 0.25) is 0 Å². The molecule has 0 aromatic carbocycles. The van der Waals surface area contributed by atoms with Crippen LogP contribution < -0.4 is 10.2 Å². The third-order valence-corrected chi connectivity index (χ3v) is 4.36. The van der Waals surface area contributed by atoms with Gasteiger partial charge in [-0.3, -0.25) is 0 Å². The molecule has 0 radical (unpaired) electrons. The molecule has 2 aliphatic rings. The van der Waals surface area contributed by atoms with Crippen LogP contribution in [0.4, 0.5) is 5.82 Å². The molecule has 3 heterocycles. The van der Waals surface area contributed by atoms with Gasteiger partial charge in [0, 0.05) is 31.9 Å². The molecule has 16 heavy (non-hydrogen) atoms. The Morgan fingerprint density at radius 1 is 1.44 bits per heavy atom. The topological polar surface area (TPSA) is 41.1 Å². The predicted molar refractivity (Wildman–Crippen MR) is 71.5 cm³/mol. The van der Waals surface area contributed by atoms with Gasteiger partial charge < -0.3 is 10.2 Å². The summed E-state index contributed by atoms with van der Waals surface area (Å²) >= 11 is 2.33. The van der Waals surface area contributed by atoms with E-state index in [1.165, 1.54) is 19.4 Å². The Morgan fingerprint density at radius 3 is 3.25 bits per heavy atom. The van der Waals surface area contributed by atoms with Crippen LogP contribution in [0.1, 0.15) is 12.8 Å². The molecular formula is C11H15IN4. The molecule has 1 aromatic heterocycles. The molecule has 86 valence electrons. The van der Waals surface area contributed by atoms with Gasteiger partial charge in [0.05, 0.1) is 3.57 Å². The van der Waals surface area contributed by atoms with E-state index in [9.17, 15) is 0 Å². The number of aromatic nitrogens is 2. The first-order valence-electron chi connectivity index (χ1n) is 5.79. The molecule has 3 rings (SSSR count). The summed E-state index contributed by atoms with van der Waals surface area (Å²) in [4.78, 5) is 11.0. The van der Waals surface area contributed by atoms with Crippen LogP contribution in [0.25, 0.3) is 0 Å². The van der Waals surface area contributed by atoms with Crippen molar-refractivity contribution in [2.75, 3.05) is 24.5 Å². The smallest absolute Gasteiger partial charge is 0.145 e. The van der Waals surface area contributed by atoms with Gasteiger partial charge in [0.1, 0.15) is 12.1 Å². The highest BCUT2D eigenvalue weighted by molar-refractivity contribution is 14.1. The van der Waals surface area contributed by atoms with Gasteiger partial charge in [-0.2, -0.15) is 0 Å².